The quantitative estimate of drug-likeness (QED) is 0.672. The maximum absolute atomic E-state index is 11.9. The first-order valence-corrected chi connectivity index (χ1v) is 9.11. The molecule has 0 radical (unpaired) electrons. The molecule has 2 aromatic carbocycles. The summed E-state index contributed by atoms with van der Waals surface area (Å²) in [4.78, 5) is 26.0. The van der Waals surface area contributed by atoms with Crippen LogP contribution in [0.4, 0.5) is 0 Å². The van der Waals surface area contributed by atoms with Crippen LogP contribution in [0.5, 0.6) is 0 Å². The largest absolute Gasteiger partial charge is 0.350 e. The van der Waals surface area contributed by atoms with E-state index in [0.717, 1.165) is 24.2 Å². The molecule has 0 fully saturated rings. The second kappa shape index (κ2) is 10.9. The van der Waals surface area contributed by atoms with E-state index >= 15 is 0 Å². The smallest absolute Gasteiger partial charge is 0.244 e. The van der Waals surface area contributed by atoms with Gasteiger partial charge < -0.3 is 15.5 Å². The Morgan fingerprint density at radius 1 is 1.00 bits per heavy atom. The van der Waals surface area contributed by atoms with Crippen LogP contribution in [0.2, 0.25) is 0 Å². The zero-order valence-corrected chi connectivity index (χ0v) is 15.9. The predicted molar refractivity (Wildman–Crippen MR) is 109 cm³/mol. The standard InChI is InChI=1S/C22H27N3O2/c1-3-25(2)17-20-11-7-10-19(14-20)15-23-22(27)16-24-21(26)13-12-18-8-5-4-6-9-18/h4-14H,3,15-17H2,1-2H3,(H,23,27)(H,24,26)/b13-12+. The molecule has 5 heteroatoms. The monoisotopic (exact) mass is 365 g/mol. The van der Waals surface area contributed by atoms with Crippen LogP contribution in [0.1, 0.15) is 23.6 Å². The number of amides is 2. The van der Waals surface area contributed by atoms with E-state index in [9.17, 15) is 9.59 Å². The molecule has 2 N–H and O–H groups in total. The summed E-state index contributed by atoms with van der Waals surface area (Å²) in [7, 11) is 2.07. The normalized spacial score (nSPS) is 10.9. The lowest BCUT2D eigenvalue weighted by Crippen LogP contribution is -2.35. The summed E-state index contributed by atoms with van der Waals surface area (Å²) < 4.78 is 0. The average Bonchev–Trinajstić information content (AvgIpc) is 2.70. The van der Waals surface area contributed by atoms with Gasteiger partial charge in [-0.2, -0.15) is 0 Å². The molecule has 2 amide bonds. The van der Waals surface area contributed by atoms with E-state index < -0.39 is 0 Å². The van der Waals surface area contributed by atoms with Gasteiger partial charge in [-0.1, -0.05) is 61.5 Å². The maximum Gasteiger partial charge on any atom is 0.244 e. The number of rotatable bonds is 9. The van der Waals surface area contributed by atoms with Crippen molar-refractivity contribution < 1.29 is 9.59 Å². The molecular weight excluding hydrogens is 338 g/mol. The van der Waals surface area contributed by atoms with Gasteiger partial charge in [0.25, 0.3) is 0 Å². The number of hydrogen-bond donors (Lipinski definition) is 2. The fraction of sp³-hybridized carbons (Fsp3) is 0.273. The SMILES string of the molecule is CCN(C)Cc1cccc(CNC(=O)CNC(=O)/C=C/c2ccccc2)c1. The molecule has 0 aromatic heterocycles. The van der Waals surface area contributed by atoms with Gasteiger partial charge in [0.1, 0.15) is 0 Å². The number of nitrogens with one attached hydrogen (secondary N) is 2. The van der Waals surface area contributed by atoms with Crippen LogP contribution in [0.25, 0.3) is 6.08 Å². The summed E-state index contributed by atoms with van der Waals surface area (Å²) >= 11 is 0. The van der Waals surface area contributed by atoms with Gasteiger partial charge in [0.05, 0.1) is 6.54 Å². The Balaban J connectivity index is 1.73. The molecule has 27 heavy (non-hydrogen) atoms. The van der Waals surface area contributed by atoms with Crippen molar-refractivity contribution in [2.45, 2.75) is 20.0 Å². The Labute approximate surface area is 161 Å². The van der Waals surface area contributed by atoms with Crippen LogP contribution in [0, 0.1) is 0 Å². The van der Waals surface area contributed by atoms with E-state index in [0.29, 0.717) is 6.54 Å². The Morgan fingerprint density at radius 2 is 1.74 bits per heavy atom. The lowest BCUT2D eigenvalue weighted by molar-refractivity contribution is -0.124. The van der Waals surface area contributed by atoms with E-state index in [1.165, 1.54) is 11.6 Å². The first-order chi connectivity index (χ1) is 13.1. The minimum absolute atomic E-state index is 0.0454. The Hall–Kier alpha value is -2.92. The number of benzene rings is 2. The lowest BCUT2D eigenvalue weighted by atomic mass is 10.1. The van der Waals surface area contributed by atoms with Crippen molar-refractivity contribution in [3.8, 4) is 0 Å². The second-order valence-electron chi connectivity index (χ2n) is 6.39. The molecule has 0 heterocycles. The molecule has 0 aliphatic heterocycles. The molecule has 0 bridgehead atoms. The van der Waals surface area contributed by atoms with Crippen LogP contribution in [-0.2, 0) is 22.7 Å². The molecule has 0 saturated carbocycles. The summed E-state index contributed by atoms with van der Waals surface area (Å²) in [5.41, 5.74) is 3.19. The molecule has 0 saturated heterocycles. The number of nitrogens with zero attached hydrogens (tertiary/aromatic N) is 1. The van der Waals surface area contributed by atoms with Crippen LogP contribution in [0.3, 0.4) is 0 Å². The van der Waals surface area contributed by atoms with Crippen molar-refractivity contribution >= 4 is 17.9 Å². The van der Waals surface area contributed by atoms with Crippen LogP contribution in [0.15, 0.2) is 60.7 Å². The third kappa shape index (κ3) is 7.88. The van der Waals surface area contributed by atoms with Crippen molar-refractivity contribution in [1.82, 2.24) is 15.5 Å². The Kier molecular flexibility index (Phi) is 8.26. The first kappa shape index (κ1) is 20.4. The lowest BCUT2D eigenvalue weighted by Gasteiger charge is -2.14. The minimum atomic E-state index is -0.293. The van der Waals surface area contributed by atoms with Crippen molar-refractivity contribution in [3.05, 3.63) is 77.4 Å². The van der Waals surface area contributed by atoms with Gasteiger partial charge in [0.2, 0.25) is 11.8 Å². The molecule has 2 aromatic rings. The van der Waals surface area contributed by atoms with Crippen LogP contribution < -0.4 is 10.6 Å². The molecule has 5 nitrogen and oxygen atoms in total. The maximum atomic E-state index is 11.9. The molecule has 0 aliphatic carbocycles. The van der Waals surface area contributed by atoms with Crippen molar-refractivity contribution in [1.29, 1.82) is 0 Å². The van der Waals surface area contributed by atoms with Gasteiger partial charge in [-0.3, -0.25) is 9.59 Å². The molecule has 0 spiro atoms. The van der Waals surface area contributed by atoms with Crippen LogP contribution in [-0.4, -0.2) is 36.9 Å². The number of hydrogen-bond acceptors (Lipinski definition) is 3. The number of carbonyl (C=O) groups excluding carboxylic acids is 2. The Morgan fingerprint density at radius 3 is 2.48 bits per heavy atom. The zero-order chi connectivity index (χ0) is 19.5. The highest BCUT2D eigenvalue weighted by molar-refractivity contribution is 5.94. The number of carbonyl (C=O) groups is 2. The minimum Gasteiger partial charge on any atom is -0.350 e. The third-order valence-electron chi connectivity index (χ3n) is 4.12. The molecule has 142 valence electrons. The summed E-state index contributed by atoms with van der Waals surface area (Å²) in [6.07, 6.45) is 3.14. The topological polar surface area (TPSA) is 61.4 Å². The predicted octanol–water partition coefficient (Wildman–Crippen LogP) is 2.58. The summed E-state index contributed by atoms with van der Waals surface area (Å²) in [6, 6.07) is 17.7. The summed E-state index contributed by atoms with van der Waals surface area (Å²) in [6.45, 7) is 4.38. The van der Waals surface area contributed by atoms with Gasteiger partial charge in [0.15, 0.2) is 0 Å². The van der Waals surface area contributed by atoms with Gasteiger partial charge >= 0.3 is 0 Å². The highest BCUT2D eigenvalue weighted by atomic mass is 16.2. The average molecular weight is 365 g/mol. The zero-order valence-electron chi connectivity index (χ0n) is 15.9. The van der Waals surface area contributed by atoms with Crippen molar-refractivity contribution in [2.24, 2.45) is 0 Å². The van der Waals surface area contributed by atoms with E-state index in [1.54, 1.807) is 6.08 Å². The summed E-state index contributed by atoms with van der Waals surface area (Å²) in [5, 5.41) is 5.42. The molecule has 0 aliphatic rings. The highest BCUT2D eigenvalue weighted by Gasteiger charge is 2.04. The Bertz CT molecular complexity index is 772. The fourth-order valence-electron chi connectivity index (χ4n) is 2.49. The molecule has 0 atom stereocenters. The van der Waals surface area contributed by atoms with E-state index in [2.05, 4.69) is 41.6 Å². The van der Waals surface area contributed by atoms with Gasteiger partial charge in [-0.05, 0) is 36.4 Å². The van der Waals surface area contributed by atoms with E-state index in [1.807, 2.05) is 42.5 Å². The van der Waals surface area contributed by atoms with Gasteiger partial charge in [0, 0.05) is 19.2 Å². The van der Waals surface area contributed by atoms with E-state index in [4.69, 9.17) is 0 Å². The van der Waals surface area contributed by atoms with Crippen LogP contribution >= 0.6 is 0 Å². The van der Waals surface area contributed by atoms with Crippen molar-refractivity contribution in [3.63, 3.8) is 0 Å². The van der Waals surface area contributed by atoms with Crippen molar-refractivity contribution in [2.75, 3.05) is 20.1 Å². The van der Waals surface area contributed by atoms with E-state index in [-0.39, 0.29) is 18.4 Å². The molecule has 0 unspecified atom stereocenters. The molecular formula is C22H27N3O2. The third-order valence-corrected chi connectivity index (χ3v) is 4.12. The molecule has 2 rings (SSSR count). The second-order valence-corrected chi connectivity index (χ2v) is 6.39. The highest BCUT2D eigenvalue weighted by Crippen LogP contribution is 2.07. The summed E-state index contributed by atoms with van der Waals surface area (Å²) in [5.74, 6) is -0.508. The first-order valence-electron chi connectivity index (χ1n) is 9.11. The van der Waals surface area contributed by atoms with Gasteiger partial charge in [-0.25, -0.2) is 0 Å². The fourth-order valence-corrected chi connectivity index (χ4v) is 2.49. The van der Waals surface area contributed by atoms with Gasteiger partial charge in [-0.15, -0.1) is 0 Å².